The molecule has 0 radical (unpaired) electrons. The lowest BCUT2D eigenvalue weighted by atomic mass is 10.2. The van der Waals surface area contributed by atoms with Crippen LogP contribution in [-0.4, -0.2) is 68.6 Å². The van der Waals surface area contributed by atoms with Crippen molar-refractivity contribution in [1.82, 2.24) is 29.9 Å². The summed E-state index contributed by atoms with van der Waals surface area (Å²) in [5.74, 6) is 2.14. The zero-order valence-corrected chi connectivity index (χ0v) is 15.6. The highest BCUT2D eigenvalue weighted by Gasteiger charge is 2.22. The third-order valence-corrected chi connectivity index (χ3v) is 4.69. The van der Waals surface area contributed by atoms with Crippen molar-refractivity contribution in [2.75, 3.05) is 37.7 Å². The van der Waals surface area contributed by atoms with E-state index in [-0.39, 0.29) is 12.5 Å². The molecule has 0 atom stereocenters. The van der Waals surface area contributed by atoms with Crippen LogP contribution in [0.4, 0.5) is 5.82 Å². The van der Waals surface area contributed by atoms with Crippen LogP contribution in [0.1, 0.15) is 5.56 Å². The van der Waals surface area contributed by atoms with Crippen LogP contribution in [0.2, 0.25) is 0 Å². The summed E-state index contributed by atoms with van der Waals surface area (Å²) in [6.07, 6.45) is 3.03. The number of benzene rings is 1. The number of aromatic nitrogens is 5. The van der Waals surface area contributed by atoms with E-state index in [2.05, 4.69) is 25.2 Å². The molecule has 4 rings (SSSR count). The number of para-hydroxylation sites is 1. The van der Waals surface area contributed by atoms with Gasteiger partial charge >= 0.3 is 0 Å². The van der Waals surface area contributed by atoms with Gasteiger partial charge in [-0.2, -0.15) is 5.10 Å². The summed E-state index contributed by atoms with van der Waals surface area (Å²) in [4.78, 5) is 20.3. The average Bonchev–Trinajstić information content (AvgIpc) is 3.28. The lowest BCUT2D eigenvalue weighted by molar-refractivity contribution is -0.133. The van der Waals surface area contributed by atoms with E-state index < -0.39 is 0 Å². The Balaban J connectivity index is 1.29. The highest BCUT2D eigenvalue weighted by Crippen LogP contribution is 2.17. The van der Waals surface area contributed by atoms with Gasteiger partial charge in [0.2, 0.25) is 0 Å². The highest BCUT2D eigenvalue weighted by atomic mass is 16.5. The second-order valence-corrected chi connectivity index (χ2v) is 6.51. The molecule has 1 aliphatic heterocycles. The van der Waals surface area contributed by atoms with E-state index in [9.17, 15) is 4.79 Å². The van der Waals surface area contributed by atoms with Crippen molar-refractivity contribution < 1.29 is 9.53 Å². The molecular formula is C19H21N7O2. The van der Waals surface area contributed by atoms with Crippen LogP contribution >= 0.6 is 0 Å². The molecule has 1 fully saturated rings. The zero-order valence-electron chi connectivity index (χ0n) is 15.6. The van der Waals surface area contributed by atoms with Gasteiger partial charge < -0.3 is 14.5 Å². The Morgan fingerprint density at radius 1 is 1.04 bits per heavy atom. The lowest BCUT2D eigenvalue weighted by Crippen LogP contribution is -2.50. The van der Waals surface area contributed by atoms with E-state index in [1.54, 1.807) is 11.0 Å². The molecule has 0 N–H and O–H groups in total. The second kappa shape index (κ2) is 8.03. The van der Waals surface area contributed by atoms with Gasteiger partial charge in [-0.05, 0) is 30.7 Å². The Hall–Kier alpha value is -3.49. The third kappa shape index (κ3) is 3.93. The van der Waals surface area contributed by atoms with Gasteiger partial charge in [-0.1, -0.05) is 18.2 Å². The molecule has 0 spiro atoms. The molecule has 0 aliphatic carbocycles. The molecule has 0 unspecified atom stereocenters. The largest absolute Gasteiger partial charge is 0.484 e. The van der Waals surface area contributed by atoms with Gasteiger partial charge in [0.25, 0.3) is 5.91 Å². The van der Waals surface area contributed by atoms with Crippen LogP contribution < -0.4 is 9.64 Å². The second-order valence-electron chi connectivity index (χ2n) is 6.51. The molecule has 9 nitrogen and oxygen atoms in total. The Bertz CT molecular complexity index is 920. The number of piperazine rings is 1. The number of ether oxygens (including phenoxy) is 1. The zero-order chi connectivity index (χ0) is 19.3. The summed E-state index contributed by atoms with van der Waals surface area (Å²) in [5, 5.41) is 12.5. The first-order valence-corrected chi connectivity index (χ1v) is 9.10. The van der Waals surface area contributed by atoms with Crippen molar-refractivity contribution in [3.63, 3.8) is 0 Å². The summed E-state index contributed by atoms with van der Waals surface area (Å²) in [7, 11) is 0. The van der Waals surface area contributed by atoms with E-state index in [4.69, 9.17) is 4.74 Å². The van der Waals surface area contributed by atoms with E-state index in [0.717, 1.165) is 17.1 Å². The van der Waals surface area contributed by atoms with Gasteiger partial charge in [-0.3, -0.25) is 4.79 Å². The standard InChI is InChI=1S/C19H21N7O2/c1-15-4-2-3-5-16(15)28-12-19(27)25-10-8-24(9-11-25)17-6-7-18(23-22-17)26-14-20-13-21-26/h2-7,13-14H,8-12H2,1H3. The Morgan fingerprint density at radius 2 is 1.79 bits per heavy atom. The SMILES string of the molecule is Cc1ccccc1OCC(=O)N1CCN(c2ccc(-n3cncn3)nn2)CC1. The van der Waals surface area contributed by atoms with Crippen LogP contribution in [0.5, 0.6) is 5.75 Å². The van der Waals surface area contributed by atoms with Gasteiger partial charge in [0.1, 0.15) is 18.4 Å². The number of nitrogens with zero attached hydrogens (tertiary/aromatic N) is 7. The highest BCUT2D eigenvalue weighted by molar-refractivity contribution is 5.78. The van der Waals surface area contributed by atoms with E-state index in [1.165, 1.54) is 6.33 Å². The third-order valence-electron chi connectivity index (χ3n) is 4.69. The van der Waals surface area contributed by atoms with Crippen LogP contribution in [0.15, 0.2) is 49.1 Å². The minimum absolute atomic E-state index is 0.00415. The molecule has 0 bridgehead atoms. The van der Waals surface area contributed by atoms with E-state index >= 15 is 0 Å². The molecule has 1 amide bonds. The maximum atomic E-state index is 12.4. The normalized spacial score (nSPS) is 14.2. The molecule has 3 heterocycles. The molecule has 0 saturated carbocycles. The Labute approximate surface area is 162 Å². The predicted octanol–water partition coefficient (Wildman–Crippen LogP) is 1.09. The van der Waals surface area contributed by atoms with Crippen LogP contribution in [0.3, 0.4) is 0 Å². The van der Waals surface area contributed by atoms with Gasteiger partial charge in [-0.25, -0.2) is 9.67 Å². The van der Waals surface area contributed by atoms with Crippen molar-refractivity contribution in [2.24, 2.45) is 0 Å². The molecule has 1 saturated heterocycles. The maximum absolute atomic E-state index is 12.4. The van der Waals surface area contributed by atoms with Crippen LogP contribution in [0.25, 0.3) is 5.82 Å². The topological polar surface area (TPSA) is 89.3 Å². The summed E-state index contributed by atoms with van der Waals surface area (Å²) in [6, 6.07) is 11.5. The molecule has 28 heavy (non-hydrogen) atoms. The number of carbonyl (C=O) groups excluding carboxylic acids is 1. The van der Waals surface area contributed by atoms with E-state index in [0.29, 0.717) is 32.0 Å². The lowest BCUT2D eigenvalue weighted by Gasteiger charge is -2.35. The summed E-state index contributed by atoms with van der Waals surface area (Å²) >= 11 is 0. The van der Waals surface area contributed by atoms with Crippen molar-refractivity contribution in [2.45, 2.75) is 6.92 Å². The molecule has 1 aliphatic rings. The monoisotopic (exact) mass is 379 g/mol. The fraction of sp³-hybridized carbons (Fsp3) is 0.316. The molecule has 1 aromatic carbocycles. The number of hydrogen-bond acceptors (Lipinski definition) is 7. The number of amides is 1. The van der Waals surface area contributed by atoms with Crippen molar-refractivity contribution in [3.8, 4) is 11.6 Å². The van der Waals surface area contributed by atoms with Gasteiger partial charge in [-0.15, -0.1) is 10.2 Å². The first-order valence-electron chi connectivity index (χ1n) is 9.10. The van der Waals surface area contributed by atoms with Crippen LogP contribution in [0, 0.1) is 6.92 Å². The summed E-state index contributed by atoms with van der Waals surface area (Å²) in [5.41, 5.74) is 1.02. The number of hydrogen-bond donors (Lipinski definition) is 0. The number of rotatable bonds is 5. The molecular weight excluding hydrogens is 358 g/mol. The first kappa shape index (κ1) is 17.9. The minimum Gasteiger partial charge on any atom is -0.484 e. The van der Waals surface area contributed by atoms with Gasteiger partial charge in [0, 0.05) is 26.2 Å². The average molecular weight is 379 g/mol. The summed E-state index contributed by atoms with van der Waals surface area (Å²) < 4.78 is 7.23. The Kier molecular flexibility index (Phi) is 5.14. The van der Waals surface area contributed by atoms with E-state index in [1.807, 2.05) is 48.2 Å². The van der Waals surface area contributed by atoms with Crippen molar-refractivity contribution in [3.05, 3.63) is 54.6 Å². The smallest absolute Gasteiger partial charge is 0.260 e. The molecule has 2 aromatic heterocycles. The van der Waals surface area contributed by atoms with Gasteiger partial charge in [0.15, 0.2) is 18.2 Å². The number of aryl methyl sites for hydroxylation is 1. The van der Waals surface area contributed by atoms with Crippen LogP contribution in [-0.2, 0) is 4.79 Å². The molecule has 9 heteroatoms. The van der Waals surface area contributed by atoms with Crippen molar-refractivity contribution in [1.29, 1.82) is 0 Å². The fourth-order valence-corrected chi connectivity index (χ4v) is 3.07. The first-order chi connectivity index (χ1) is 13.7. The quantitative estimate of drug-likeness (QED) is 0.656. The van der Waals surface area contributed by atoms with Crippen molar-refractivity contribution >= 4 is 11.7 Å². The Morgan fingerprint density at radius 3 is 2.46 bits per heavy atom. The molecule has 144 valence electrons. The van der Waals surface area contributed by atoms with Gasteiger partial charge in [0.05, 0.1) is 0 Å². The molecule has 3 aromatic rings. The predicted molar refractivity (Wildman–Crippen MR) is 102 cm³/mol. The number of carbonyl (C=O) groups is 1. The summed E-state index contributed by atoms with van der Waals surface area (Å²) in [6.45, 7) is 4.68. The fourth-order valence-electron chi connectivity index (χ4n) is 3.07. The number of anilines is 1. The maximum Gasteiger partial charge on any atom is 0.260 e. The minimum atomic E-state index is -0.00415.